The van der Waals surface area contributed by atoms with Crippen molar-refractivity contribution in [2.45, 2.75) is 96.4 Å². The second kappa shape index (κ2) is 7.80. The van der Waals surface area contributed by atoms with Crippen LogP contribution in [-0.2, 0) is 9.53 Å². The van der Waals surface area contributed by atoms with Gasteiger partial charge < -0.3 is 20.1 Å². The van der Waals surface area contributed by atoms with Gasteiger partial charge in [0.25, 0.3) is 0 Å². The van der Waals surface area contributed by atoms with Gasteiger partial charge in [-0.15, -0.1) is 0 Å². The van der Waals surface area contributed by atoms with Crippen LogP contribution in [0.3, 0.4) is 0 Å². The third kappa shape index (κ3) is 3.36. The first kappa shape index (κ1) is 21.6. The van der Waals surface area contributed by atoms with Crippen LogP contribution in [-0.4, -0.2) is 46.7 Å². The number of esters is 1. The molecule has 29 heavy (non-hydrogen) atoms. The summed E-state index contributed by atoms with van der Waals surface area (Å²) in [6, 6.07) is 0. The Balaban J connectivity index is 1.54. The van der Waals surface area contributed by atoms with Gasteiger partial charge in [-0.1, -0.05) is 13.8 Å². The highest BCUT2D eigenvalue weighted by Gasteiger charge is 2.65. The summed E-state index contributed by atoms with van der Waals surface area (Å²) in [4.78, 5) is 11.5. The summed E-state index contributed by atoms with van der Waals surface area (Å²) >= 11 is 0. The first-order valence-electron chi connectivity index (χ1n) is 11.8. The minimum Gasteiger partial charge on any atom is -0.469 e. The first-order chi connectivity index (χ1) is 13.7. The lowest BCUT2D eigenvalue weighted by Gasteiger charge is -2.63. The number of hydrogen-bond acceptors (Lipinski definition) is 5. The van der Waals surface area contributed by atoms with Crippen molar-refractivity contribution < 1.29 is 24.9 Å². The highest BCUT2D eigenvalue weighted by Crippen LogP contribution is 2.67. The van der Waals surface area contributed by atoms with Crippen molar-refractivity contribution in [2.75, 3.05) is 7.11 Å². The van der Waals surface area contributed by atoms with Gasteiger partial charge in [0.1, 0.15) is 0 Å². The van der Waals surface area contributed by atoms with Gasteiger partial charge in [0, 0.05) is 6.42 Å². The minimum atomic E-state index is -0.353. The number of methoxy groups -OCH3 is 1. The highest BCUT2D eigenvalue weighted by molar-refractivity contribution is 5.68. The Kier molecular flexibility index (Phi) is 5.80. The molecule has 0 aromatic heterocycles. The normalized spacial score (nSPS) is 51.7. The molecule has 4 aliphatic rings. The number of aliphatic hydroxyl groups excluding tert-OH is 3. The number of rotatable bonds is 4. The Labute approximate surface area is 175 Å². The first-order valence-corrected chi connectivity index (χ1v) is 11.8. The van der Waals surface area contributed by atoms with Gasteiger partial charge in [-0.05, 0) is 98.2 Å². The average Bonchev–Trinajstić information content (AvgIpc) is 3.02. The van der Waals surface area contributed by atoms with Crippen LogP contribution in [0.25, 0.3) is 0 Å². The zero-order valence-electron chi connectivity index (χ0n) is 18.3. The Hall–Kier alpha value is -0.650. The van der Waals surface area contributed by atoms with Crippen LogP contribution in [0.1, 0.15) is 78.1 Å². The van der Waals surface area contributed by atoms with Crippen molar-refractivity contribution in [3.8, 4) is 0 Å². The van der Waals surface area contributed by atoms with Crippen LogP contribution in [0.4, 0.5) is 0 Å². The SMILES string of the molecule is COC(=O)CCC[C@H]1CC[C@H]2[C@@H]3[C@H](O)C[C@@H]4C[C@H](O)CC[C@]4(C)[C@H]3C[C@H](O)[C@]12C. The van der Waals surface area contributed by atoms with Crippen LogP contribution in [0.2, 0.25) is 0 Å². The number of fused-ring (bicyclic) bond motifs is 5. The predicted molar refractivity (Wildman–Crippen MR) is 110 cm³/mol. The standard InChI is InChI=1S/C24H40O5/c1-23-10-9-16(25)11-15(23)12-19(26)22-17-8-7-14(5-4-6-21(28)29-3)24(17,2)20(27)13-18(22)23/h14-20,22,25-27H,4-13H2,1-3H3/t14-,15-,16+,17-,18-,19+,20-,22-,23-,24+/m0/s1. The Bertz CT molecular complexity index is 622. The highest BCUT2D eigenvalue weighted by atomic mass is 16.5. The van der Waals surface area contributed by atoms with E-state index in [0.717, 1.165) is 57.8 Å². The molecule has 0 spiro atoms. The van der Waals surface area contributed by atoms with Crippen LogP contribution < -0.4 is 0 Å². The second-order valence-electron chi connectivity index (χ2n) is 11.1. The van der Waals surface area contributed by atoms with E-state index in [1.54, 1.807) is 0 Å². The number of hydrogen-bond donors (Lipinski definition) is 3. The Morgan fingerprint density at radius 2 is 1.79 bits per heavy atom. The molecule has 0 amide bonds. The summed E-state index contributed by atoms with van der Waals surface area (Å²) in [5, 5.41) is 32.9. The maximum atomic E-state index is 11.5. The van der Waals surface area contributed by atoms with Crippen molar-refractivity contribution in [1.29, 1.82) is 0 Å². The number of carbonyl (C=O) groups excluding carboxylic acids is 1. The van der Waals surface area contributed by atoms with Crippen LogP contribution >= 0.6 is 0 Å². The van der Waals surface area contributed by atoms with E-state index in [1.165, 1.54) is 7.11 Å². The van der Waals surface area contributed by atoms with E-state index < -0.39 is 0 Å². The lowest BCUT2D eigenvalue weighted by Crippen LogP contribution is -2.62. The molecule has 0 aromatic rings. The van der Waals surface area contributed by atoms with Gasteiger partial charge in [0.2, 0.25) is 0 Å². The predicted octanol–water partition coefficient (Wildman–Crippen LogP) is 3.29. The number of carbonyl (C=O) groups is 1. The van der Waals surface area contributed by atoms with Gasteiger partial charge in [-0.2, -0.15) is 0 Å². The third-order valence-electron chi connectivity index (χ3n) is 10.1. The molecule has 0 heterocycles. The lowest BCUT2D eigenvalue weighted by atomic mass is 9.43. The number of ether oxygens (including phenoxy) is 1. The van der Waals surface area contributed by atoms with Gasteiger partial charge in [0.15, 0.2) is 0 Å². The summed E-state index contributed by atoms with van der Waals surface area (Å²) in [5.41, 5.74) is -0.0515. The average molecular weight is 409 g/mol. The fraction of sp³-hybridized carbons (Fsp3) is 0.958. The van der Waals surface area contributed by atoms with E-state index >= 15 is 0 Å². The zero-order chi connectivity index (χ0) is 21.0. The third-order valence-corrected chi connectivity index (χ3v) is 10.1. The quantitative estimate of drug-likeness (QED) is 0.622. The lowest BCUT2D eigenvalue weighted by molar-refractivity contribution is -0.204. The van der Waals surface area contributed by atoms with Crippen LogP contribution in [0.5, 0.6) is 0 Å². The molecular formula is C24H40O5. The molecule has 0 aromatic carbocycles. The molecule has 0 unspecified atom stereocenters. The topological polar surface area (TPSA) is 87.0 Å². The maximum Gasteiger partial charge on any atom is 0.305 e. The van der Waals surface area contributed by atoms with Gasteiger partial charge in [-0.25, -0.2) is 0 Å². The molecule has 0 aliphatic heterocycles. The van der Waals surface area contributed by atoms with Gasteiger partial charge >= 0.3 is 5.97 Å². The van der Waals surface area contributed by atoms with E-state index in [4.69, 9.17) is 4.74 Å². The molecule has 4 saturated carbocycles. The molecule has 10 atom stereocenters. The molecule has 3 N–H and O–H groups in total. The summed E-state index contributed by atoms with van der Waals surface area (Å²) in [5.74, 6) is 1.54. The zero-order valence-corrected chi connectivity index (χ0v) is 18.3. The van der Waals surface area contributed by atoms with E-state index in [0.29, 0.717) is 30.1 Å². The van der Waals surface area contributed by atoms with Gasteiger partial charge in [0.05, 0.1) is 25.4 Å². The van der Waals surface area contributed by atoms with E-state index in [-0.39, 0.29) is 41.0 Å². The largest absolute Gasteiger partial charge is 0.469 e. The molecule has 5 nitrogen and oxygen atoms in total. The summed E-state index contributed by atoms with van der Waals surface area (Å²) in [6.07, 6.45) is 7.64. The molecule has 0 bridgehead atoms. The molecular weight excluding hydrogens is 368 g/mol. The fourth-order valence-electron chi connectivity index (χ4n) is 8.36. The van der Waals surface area contributed by atoms with Crippen molar-refractivity contribution in [3.63, 3.8) is 0 Å². The van der Waals surface area contributed by atoms with Crippen molar-refractivity contribution in [2.24, 2.45) is 40.4 Å². The minimum absolute atomic E-state index is 0.119. The van der Waals surface area contributed by atoms with Crippen LogP contribution in [0.15, 0.2) is 0 Å². The summed E-state index contributed by atoms with van der Waals surface area (Å²) < 4.78 is 4.78. The van der Waals surface area contributed by atoms with E-state index in [2.05, 4.69) is 13.8 Å². The molecule has 5 heteroatoms. The monoisotopic (exact) mass is 408 g/mol. The summed E-state index contributed by atoms with van der Waals surface area (Å²) in [6.45, 7) is 4.62. The smallest absolute Gasteiger partial charge is 0.305 e. The van der Waals surface area contributed by atoms with E-state index in [1.807, 2.05) is 0 Å². The molecule has 166 valence electrons. The van der Waals surface area contributed by atoms with Crippen molar-refractivity contribution in [3.05, 3.63) is 0 Å². The van der Waals surface area contributed by atoms with E-state index in [9.17, 15) is 20.1 Å². The molecule has 0 radical (unpaired) electrons. The molecule has 0 saturated heterocycles. The van der Waals surface area contributed by atoms with Crippen molar-refractivity contribution in [1.82, 2.24) is 0 Å². The van der Waals surface area contributed by atoms with Gasteiger partial charge in [-0.3, -0.25) is 4.79 Å². The second-order valence-corrected chi connectivity index (χ2v) is 11.1. The Morgan fingerprint density at radius 1 is 1.03 bits per heavy atom. The molecule has 4 rings (SSSR count). The Morgan fingerprint density at radius 3 is 2.52 bits per heavy atom. The van der Waals surface area contributed by atoms with Crippen molar-refractivity contribution >= 4 is 5.97 Å². The summed E-state index contributed by atoms with van der Waals surface area (Å²) in [7, 11) is 1.43. The fourth-order valence-corrected chi connectivity index (χ4v) is 8.36. The maximum absolute atomic E-state index is 11.5. The number of aliphatic hydroxyl groups is 3. The molecule has 4 aliphatic carbocycles. The molecule has 4 fully saturated rings. The van der Waals surface area contributed by atoms with Crippen LogP contribution in [0, 0.1) is 40.4 Å².